The average Bonchev–Trinajstić information content (AvgIpc) is 2.17. The molecule has 0 saturated heterocycles. The zero-order valence-corrected chi connectivity index (χ0v) is 7.66. The zero-order chi connectivity index (χ0) is 9.52. The van der Waals surface area contributed by atoms with Crippen LogP contribution in [0.1, 0.15) is 12.5 Å². The van der Waals surface area contributed by atoms with E-state index in [2.05, 4.69) is 12.2 Å². The third kappa shape index (κ3) is 3.11. The van der Waals surface area contributed by atoms with Crippen LogP contribution in [0.5, 0.6) is 0 Å². The molecule has 0 saturated carbocycles. The number of nitrogens with one attached hydrogen (secondary N) is 1. The topological polar surface area (TPSA) is 29.1 Å². The molecule has 0 aliphatic carbocycles. The predicted octanol–water partition coefficient (Wildman–Crippen LogP) is 2.33. The Morgan fingerprint density at radius 3 is 2.54 bits per heavy atom. The molecule has 2 nitrogen and oxygen atoms in total. The second-order valence-electron chi connectivity index (χ2n) is 2.65. The molecule has 2 heteroatoms. The molecule has 68 valence electrons. The first-order valence-corrected chi connectivity index (χ1v) is 4.32. The minimum atomic E-state index is 0.776. The second-order valence-corrected chi connectivity index (χ2v) is 2.65. The van der Waals surface area contributed by atoms with E-state index in [4.69, 9.17) is 0 Å². The summed E-state index contributed by atoms with van der Waals surface area (Å²) in [5.74, 6) is 0. The maximum absolute atomic E-state index is 10.0. The first kappa shape index (κ1) is 9.52. The van der Waals surface area contributed by atoms with Crippen molar-refractivity contribution in [3.05, 3.63) is 35.9 Å². The molecule has 0 aliphatic rings. The molecule has 1 aromatic rings. The maximum atomic E-state index is 10.0. The molecule has 0 aliphatic heterocycles. The number of hydrogen-bond acceptors (Lipinski definition) is 2. The first-order chi connectivity index (χ1) is 6.36. The number of carbonyl (C=O) groups is 1. The van der Waals surface area contributed by atoms with Crippen LogP contribution >= 0.6 is 0 Å². The highest BCUT2D eigenvalue weighted by molar-refractivity contribution is 5.74. The number of benzene rings is 1. The average molecular weight is 175 g/mol. The van der Waals surface area contributed by atoms with Gasteiger partial charge in [0.05, 0.1) is 0 Å². The van der Waals surface area contributed by atoms with E-state index < -0.39 is 0 Å². The van der Waals surface area contributed by atoms with E-state index in [1.54, 1.807) is 6.08 Å². The van der Waals surface area contributed by atoms with Crippen LogP contribution < -0.4 is 5.32 Å². The highest BCUT2D eigenvalue weighted by Gasteiger charge is 1.88. The third-order valence-electron chi connectivity index (χ3n) is 1.66. The summed E-state index contributed by atoms with van der Waals surface area (Å²) in [4.78, 5) is 10.0. The van der Waals surface area contributed by atoms with Gasteiger partial charge in [-0.2, -0.15) is 0 Å². The van der Waals surface area contributed by atoms with Crippen LogP contribution in [-0.2, 0) is 4.79 Å². The first-order valence-electron chi connectivity index (χ1n) is 4.32. The van der Waals surface area contributed by atoms with Crippen molar-refractivity contribution in [2.45, 2.75) is 6.92 Å². The Hall–Kier alpha value is -1.57. The summed E-state index contributed by atoms with van der Waals surface area (Å²) >= 11 is 0. The van der Waals surface area contributed by atoms with Crippen LogP contribution in [0.4, 0.5) is 5.69 Å². The Kier molecular flexibility index (Phi) is 3.76. The Morgan fingerprint density at radius 1 is 1.31 bits per heavy atom. The van der Waals surface area contributed by atoms with Crippen LogP contribution in [0.25, 0.3) is 6.08 Å². The fourth-order valence-corrected chi connectivity index (χ4v) is 1.07. The van der Waals surface area contributed by atoms with Gasteiger partial charge >= 0.3 is 0 Å². The molecule has 13 heavy (non-hydrogen) atoms. The lowest BCUT2D eigenvalue weighted by atomic mass is 10.2. The quantitative estimate of drug-likeness (QED) is 0.562. The van der Waals surface area contributed by atoms with Gasteiger partial charge in [-0.1, -0.05) is 18.2 Å². The lowest BCUT2D eigenvalue weighted by Crippen LogP contribution is -1.95. The van der Waals surface area contributed by atoms with Crippen LogP contribution in [0.2, 0.25) is 0 Å². The molecular weight excluding hydrogens is 162 g/mol. The number of allylic oxidation sites excluding steroid dienone is 1. The van der Waals surface area contributed by atoms with E-state index >= 15 is 0 Å². The smallest absolute Gasteiger partial charge is 0.142 e. The van der Waals surface area contributed by atoms with Crippen molar-refractivity contribution in [1.29, 1.82) is 0 Å². The molecule has 0 heterocycles. The fraction of sp³-hybridized carbons (Fsp3) is 0.182. The van der Waals surface area contributed by atoms with Gasteiger partial charge in [-0.15, -0.1) is 0 Å². The van der Waals surface area contributed by atoms with Gasteiger partial charge in [-0.25, -0.2) is 0 Å². The number of hydrogen-bond donors (Lipinski definition) is 1. The van der Waals surface area contributed by atoms with Gasteiger partial charge in [0.2, 0.25) is 0 Å². The summed E-state index contributed by atoms with van der Waals surface area (Å²) in [5, 5.41) is 3.20. The van der Waals surface area contributed by atoms with Crippen molar-refractivity contribution in [3.8, 4) is 0 Å². The number of anilines is 1. The summed E-state index contributed by atoms with van der Waals surface area (Å²) in [6.07, 6.45) is 4.04. The fourth-order valence-electron chi connectivity index (χ4n) is 1.07. The van der Waals surface area contributed by atoms with E-state index in [9.17, 15) is 4.79 Å². The summed E-state index contributed by atoms with van der Waals surface area (Å²) in [6, 6.07) is 7.93. The Morgan fingerprint density at radius 2 is 2.00 bits per heavy atom. The third-order valence-corrected chi connectivity index (χ3v) is 1.66. The Labute approximate surface area is 78.3 Å². The van der Waals surface area contributed by atoms with Crippen molar-refractivity contribution in [2.24, 2.45) is 0 Å². The monoisotopic (exact) mass is 175 g/mol. The Bertz CT molecular complexity index is 287. The zero-order valence-electron chi connectivity index (χ0n) is 7.66. The minimum absolute atomic E-state index is 0.776. The van der Waals surface area contributed by atoms with Gasteiger partial charge in [0.15, 0.2) is 0 Å². The second kappa shape index (κ2) is 5.14. The molecule has 0 amide bonds. The summed E-state index contributed by atoms with van der Waals surface area (Å²) in [6.45, 7) is 2.98. The maximum Gasteiger partial charge on any atom is 0.142 e. The lowest BCUT2D eigenvalue weighted by molar-refractivity contribution is -0.104. The van der Waals surface area contributed by atoms with Crippen molar-refractivity contribution in [2.75, 3.05) is 11.9 Å². The molecule has 0 radical (unpaired) electrons. The van der Waals surface area contributed by atoms with E-state index in [-0.39, 0.29) is 0 Å². The molecule has 0 spiro atoms. The van der Waals surface area contributed by atoms with Crippen molar-refractivity contribution < 1.29 is 4.79 Å². The van der Waals surface area contributed by atoms with Crippen molar-refractivity contribution in [1.82, 2.24) is 0 Å². The van der Waals surface area contributed by atoms with Crippen LogP contribution in [0, 0.1) is 0 Å². The molecule has 0 bridgehead atoms. The number of rotatable bonds is 4. The highest BCUT2D eigenvalue weighted by Crippen LogP contribution is 2.09. The largest absolute Gasteiger partial charge is 0.385 e. The standard InChI is InChI=1S/C11H13NO/c1-2-12-11-7-5-10(6-8-11)4-3-9-13/h3-9,12H,2H2,1H3/b4-3+. The molecule has 1 rings (SSSR count). The normalized spacial score (nSPS) is 10.2. The van der Waals surface area contributed by atoms with Crippen LogP contribution in [-0.4, -0.2) is 12.8 Å². The van der Waals surface area contributed by atoms with E-state index in [0.29, 0.717) is 0 Å². The van der Waals surface area contributed by atoms with Gasteiger partial charge in [-0.05, 0) is 30.7 Å². The molecule has 0 atom stereocenters. The minimum Gasteiger partial charge on any atom is -0.385 e. The van der Waals surface area contributed by atoms with Gasteiger partial charge in [0.1, 0.15) is 6.29 Å². The van der Waals surface area contributed by atoms with E-state index in [1.165, 1.54) is 6.08 Å². The summed E-state index contributed by atoms with van der Waals surface area (Å²) in [5.41, 5.74) is 2.14. The molecule has 1 N–H and O–H groups in total. The van der Waals surface area contributed by atoms with E-state index in [0.717, 1.165) is 24.1 Å². The number of aldehydes is 1. The molecule has 0 aromatic heterocycles. The van der Waals surface area contributed by atoms with Gasteiger partial charge < -0.3 is 5.32 Å². The summed E-state index contributed by atoms with van der Waals surface area (Å²) < 4.78 is 0. The van der Waals surface area contributed by atoms with Crippen molar-refractivity contribution in [3.63, 3.8) is 0 Å². The van der Waals surface area contributed by atoms with Gasteiger partial charge in [-0.3, -0.25) is 4.79 Å². The molecular formula is C11H13NO. The molecule has 0 fully saturated rings. The van der Waals surface area contributed by atoms with Gasteiger partial charge in [0, 0.05) is 12.2 Å². The van der Waals surface area contributed by atoms with E-state index in [1.807, 2.05) is 24.3 Å². The molecule has 1 aromatic carbocycles. The SMILES string of the molecule is CCNc1ccc(/C=C/C=O)cc1. The van der Waals surface area contributed by atoms with Crippen LogP contribution in [0.15, 0.2) is 30.3 Å². The summed E-state index contributed by atoms with van der Waals surface area (Å²) in [7, 11) is 0. The van der Waals surface area contributed by atoms with Gasteiger partial charge in [0.25, 0.3) is 0 Å². The number of carbonyl (C=O) groups excluding carboxylic acids is 1. The highest BCUT2D eigenvalue weighted by atomic mass is 16.1. The molecule has 0 unspecified atom stereocenters. The van der Waals surface area contributed by atoms with Crippen molar-refractivity contribution >= 4 is 18.0 Å². The predicted molar refractivity (Wildman–Crippen MR) is 55.7 cm³/mol. The van der Waals surface area contributed by atoms with Crippen LogP contribution in [0.3, 0.4) is 0 Å². The lowest BCUT2D eigenvalue weighted by Gasteiger charge is -2.01. The Balaban J connectivity index is 2.69.